The molecule has 4 rings (SSSR count). The summed E-state index contributed by atoms with van der Waals surface area (Å²) in [6, 6.07) is 11.5. The maximum atomic E-state index is 10.9. The maximum absolute atomic E-state index is 10.9. The fraction of sp³-hybridized carbons (Fsp3) is 0.368. The van der Waals surface area contributed by atoms with Crippen LogP contribution < -0.4 is 0 Å². The van der Waals surface area contributed by atoms with Crippen LogP contribution in [0.4, 0.5) is 0 Å². The van der Waals surface area contributed by atoms with Crippen LogP contribution in [0.1, 0.15) is 117 Å². The van der Waals surface area contributed by atoms with Gasteiger partial charge < -0.3 is 20.4 Å². The number of thiophene rings is 1. The molecule has 1 heterocycles. The molecule has 0 radical (unpaired) electrons. The number of aromatic carboxylic acids is 2. The van der Waals surface area contributed by atoms with Gasteiger partial charge in [-0.3, -0.25) is 0 Å². The molecule has 3 aromatic carbocycles. The predicted octanol–water partition coefficient (Wildman–Crippen LogP) is 9.25. The van der Waals surface area contributed by atoms with E-state index < -0.39 is 11.9 Å². The number of hydrogen-bond acceptors (Lipinski definition) is 5. The highest BCUT2D eigenvalue weighted by molar-refractivity contribution is 7.10. The van der Waals surface area contributed by atoms with Crippen molar-refractivity contribution in [1.29, 1.82) is 0 Å². The van der Waals surface area contributed by atoms with Crippen molar-refractivity contribution in [3.05, 3.63) is 114 Å². The van der Waals surface area contributed by atoms with Crippen molar-refractivity contribution in [2.45, 2.75) is 92.9 Å². The number of carbonyl (C=O) groups is 2. The van der Waals surface area contributed by atoms with Crippen molar-refractivity contribution in [2.75, 3.05) is 0 Å². The van der Waals surface area contributed by atoms with Crippen molar-refractivity contribution in [1.82, 2.24) is 0 Å². The third kappa shape index (κ3) is 8.14. The lowest BCUT2D eigenvalue weighted by Crippen LogP contribution is -2.14. The van der Waals surface area contributed by atoms with Gasteiger partial charge in [-0.1, -0.05) is 53.7 Å². The number of aromatic hydroxyl groups is 2. The van der Waals surface area contributed by atoms with Crippen LogP contribution in [0.3, 0.4) is 0 Å². The van der Waals surface area contributed by atoms with Gasteiger partial charge in [-0.2, -0.15) is 0 Å². The molecule has 4 aromatic rings. The van der Waals surface area contributed by atoms with Gasteiger partial charge in [-0.15, -0.1) is 11.3 Å². The lowest BCUT2D eigenvalue weighted by molar-refractivity contribution is 0.0681. The van der Waals surface area contributed by atoms with Gasteiger partial charge in [0.15, 0.2) is 0 Å². The van der Waals surface area contributed by atoms with E-state index in [2.05, 4.69) is 79.0 Å². The second-order valence-corrected chi connectivity index (χ2v) is 14.8. The first-order chi connectivity index (χ1) is 20.7. The Labute approximate surface area is 271 Å². The van der Waals surface area contributed by atoms with E-state index in [1.54, 1.807) is 11.3 Å². The summed E-state index contributed by atoms with van der Waals surface area (Å²) in [7, 11) is 0. The third-order valence-electron chi connectivity index (χ3n) is 8.34. The normalized spacial score (nSPS) is 11.6. The van der Waals surface area contributed by atoms with Crippen LogP contribution in [0.2, 0.25) is 0 Å². The Morgan fingerprint density at radius 3 is 1.38 bits per heavy atom. The van der Waals surface area contributed by atoms with Crippen molar-refractivity contribution in [3.63, 3.8) is 0 Å². The molecular formula is C38H46O6S. The minimum atomic E-state index is -1.06. The molecule has 0 aliphatic heterocycles. The molecule has 240 valence electrons. The Morgan fingerprint density at radius 1 is 0.644 bits per heavy atom. The van der Waals surface area contributed by atoms with E-state index in [0.717, 1.165) is 35.1 Å². The summed E-state index contributed by atoms with van der Waals surface area (Å²) in [4.78, 5) is 22.0. The van der Waals surface area contributed by atoms with Crippen LogP contribution in [0.15, 0.2) is 47.8 Å². The molecule has 0 saturated heterocycles. The van der Waals surface area contributed by atoms with Crippen molar-refractivity contribution in [2.24, 2.45) is 0 Å². The molecule has 0 amide bonds. The molecule has 0 aliphatic carbocycles. The molecule has 6 nitrogen and oxygen atoms in total. The standard InChI is InChI=1S/C30H40O2S.C8H6O4/c1-17-13-24(29(5,6)7)27(31)19(3)22(17)15-21-11-12-33-26(21)16-23-18(2)14-25(30(8,9)10)28(32)20(23)4;9-7(10)5-1-2-6(4-3-5)8(11)12/h11-14,31-32H,15-16H2,1-10H3;1-4H,(H,9,10)(H,11,12). The number of phenolic OH excluding ortho intramolecular Hbond substituents is 2. The van der Waals surface area contributed by atoms with Gasteiger partial charge in [0.2, 0.25) is 0 Å². The van der Waals surface area contributed by atoms with Crippen LogP contribution in [-0.4, -0.2) is 32.4 Å². The highest BCUT2D eigenvalue weighted by Crippen LogP contribution is 2.40. The van der Waals surface area contributed by atoms with Gasteiger partial charge in [0, 0.05) is 11.3 Å². The number of carboxylic acid groups (broad SMARTS) is 2. The van der Waals surface area contributed by atoms with Crippen LogP contribution in [0.25, 0.3) is 0 Å². The van der Waals surface area contributed by atoms with E-state index in [-0.39, 0.29) is 22.0 Å². The second kappa shape index (κ2) is 13.5. The van der Waals surface area contributed by atoms with Crippen LogP contribution in [0, 0.1) is 27.7 Å². The first kappa shape index (κ1) is 35.4. The SMILES string of the molecule is Cc1cc(C(C)(C)C)c(O)c(C)c1Cc1ccsc1Cc1c(C)cc(C(C)(C)C)c(O)c1C.O=C(O)c1ccc(C(=O)O)cc1. The Bertz CT molecular complexity index is 1590. The Hall–Kier alpha value is -4.10. The third-order valence-corrected chi connectivity index (χ3v) is 9.30. The number of carboxylic acids is 2. The van der Waals surface area contributed by atoms with E-state index in [4.69, 9.17) is 10.2 Å². The molecule has 0 bridgehead atoms. The van der Waals surface area contributed by atoms with E-state index in [1.807, 2.05) is 13.8 Å². The highest BCUT2D eigenvalue weighted by Gasteiger charge is 2.24. The predicted molar refractivity (Wildman–Crippen MR) is 183 cm³/mol. The van der Waals surface area contributed by atoms with Gasteiger partial charge in [0.1, 0.15) is 11.5 Å². The zero-order valence-corrected chi connectivity index (χ0v) is 28.9. The van der Waals surface area contributed by atoms with Gasteiger partial charge in [0.25, 0.3) is 0 Å². The number of phenols is 2. The van der Waals surface area contributed by atoms with Crippen molar-refractivity contribution >= 4 is 23.3 Å². The summed E-state index contributed by atoms with van der Waals surface area (Å²) in [5.74, 6) is -1.27. The zero-order valence-electron chi connectivity index (χ0n) is 28.0. The Balaban J connectivity index is 0.000000385. The smallest absolute Gasteiger partial charge is 0.335 e. The van der Waals surface area contributed by atoms with Crippen LogP contribution >= 0.6 is 11.3 Å². The average Bonchev–Trinajstić information content (AvgIpc) is 3.38. The van der Waals surface area contributed by atoms with Gasteiger partial charge >= 0.3 is 11.9 Å². The molecule has 0 atom stereocenters. The van der Waals surface area contributed by atoms with Gasteiger partial charge in [-0.25, -0.2) is 9.59 Å². The summed E-state index contributed by atoms with van der Waals surface area (Å²) < 4.78 is 0. The minimum absolute atomic E-state index is 0.0833. The largest absolute Gasteiger partial charge is 0.507 e. The number of aryl methyl sites for hydroxylation is 2. The van der Waals surface area contributed by atoms with E-state index in [0.29, 0.717) is 11.5 Å². The summed E-state index contributed by atoms with van der Waals surface area (Å²) >= 11 is 1.78. The first-order valence-electron chi connectivity index (χ1n) is 15.0. The lowest BCUT2D eigenvalue weighted by Gasteiger charge is -2.25. The maximum Gasteiger partial charge on any atom is 0.335 e. The molecule has 0 saturated carbocycles. The molecule has 0 aliphatic rings. The molecule has 4 N–H and O–H groups in total. The topological polar surface area (TPSA) is 115 Å². The van der Waals surface area contributed by atoms with Gasteiger partial charge in [0.05, 0.1) is 11.1 Å². The first-order valence-corrected chi connectivity index (χ1v) is 15.9. The van der Waals surface area contributed by atoms with E-state index >= 15 is 0 Å². The number of hydrogen-bond donors (Lipinski definition) is 4. The molecule has 0 fully saturated rings. The fourth-order valence-electron chi connectivity index (χ4n) is 5.50. The van der Waals surface area contributed by atoms with Crippen molar-refractivity contribution < 1.29 is 30.0 Å². The molecular weight excluding hydrogens is 584 g/mol. The quantitative estimate of drug-likeness (QED) is 0.169. The highest BCUT2D eigenvalue weighted by atomic mass is 32.1. The summed E-state index contributed by atoms with van der Waals surface area (Å²) in [6.07, 6.45) is 1.62. The van der Waals surface area contributed by atoms with E-state index in [9.17, 15) is 19.8 Å². The lowest BCUT2D eigenvalue weighted by atomic mass is 9.81. The molecule has 45 heavy (non-hydrogen) atoms. The summed E-state index contributed by atoms with van der Waals surface area (Å²) in [5.41, 5.74) is 10.1. The molecule has 0 unspecified atom stereocenters. The Kier molecular flexibility index (Phi) is 10.6. The van der Waals surface area contributed by atoms with Gasteiger partial charge in [-0.05, 0) is 131 Å². The minimum Gasteiger partial charge on any atom is -0.507 e. The van der Waals surface area contributed by atoms with Crippen LogP contribution in [-0.2, 0) is 23.7 Å². The van der Waals surface area contributed by atoms with Crippen LogP contribution in [0.5, 0.6) is 11.5 Å². The monoisotopic (exact) mass is 630 g/mol. The number of benzene rings is 3. The molecule has 7 heteroatoms. The Morgan fingerprint density at radius 2 is 1.02 bits per heavy atom. The zero-order chi connectivity index (χ0) is 34.0. The number of rotatable bonds is 6. The fourth-order valence-corrected chi connectivity index (χ4v) is 6.41. The molecule has 1 aromatic heterocycles. The summed E-state index contributed by atoms with van der Waals surface area (Å²) in [5, 5.41) is 41.0. The second-order valence-electron chi connectivity index (χ2n) is 13.8. The van der Waals surface area contributed by atoms with Crippen molar-refractivity contribution in [3.8, 4) is 11.5 Å². The molecule has 0 spiro atoms. The van der Waals surface area contributed by atoms with E-state index in [1.165, 1.54) is 57.0 Å². The average molecular weight is 631 g/mol. The summed E-state index contributed by atoms with van der Waals surface area (Å²) in [6.45, 7) is 21.2.